The van der Waals surface area contributed by atoms with Crippen LogP contribution in [0.1, 0.15) is 380 Å². The number of unbranched alkanes of at least 4 members (excludes halogenated alkanes) is 50. The zero-order valence-corrected chi connectivity index (χ0v) is 52.0. The Balaban J connectivity index is 3.42. The summed E-state index contributed by atoms with van der Waals surface area (Å²) in [5.74, 6) is -0.0516. The van der Waals surface area contributed by atoms with Crippen molar-refractivity contribution in [1.29, 1.82) is 0 Å². The van der Waals surface area contributed by atoms with Gasteiger partial charge in [-0.3, -0.25) is 9.59 Å². The summed E-state index contributed by atoms with van der Waals surface area (Å²) in [5, 5.41) is 23.2. The van der Waals surface area contributed by atoms with Gasteiger partial charge in [0.1, 0.15) is 0 Å². The van der Waals surface area contributed by atoms with Crippen LogP contribution in [-0.4, -0.2) is 47.4 Å². The minimum Gasteiger partial charge on any atom is -0.466 e. The fourth-order valence-corrected chi connectivity index (χ4v) is 10.8. The van der Waals surface area contributed by atoms with E-state index in [1.54, 1.807) is 6.08 Å². The Kier molecular flexibility index (Phi) is 64.9. The number of carbonyl (C=O) groups excluding carboxylic acids is 2. The Bertz CT molecular complexity index is 1250. The summed E-state index contributed by atoms with van der Waals surface area (Å²) < 4.78 is 5.47. The van der Waals surface area contributed by atoms with Crippen LogP contribution in [0.4, 0.5) is 0 Å². The van der Waals surface area contributed by atoms with Crippen molar-refractivity contribution in [1.82, 2.24) is 5.32 Å². The van der Waals surface area contributed by atoms with Crippen LogP contribution < -0.4 is 5.32 Å². The van der Waals surface area contributed by atoms with Crippen molar-refractivity contribution in [2.75, 3.05) is 13.2 Å². The molecule has 0 heterocycles. The van der Waals surface area contributed by atoms with Crippen LogP contribution in [0.25, 0.3) is 0 Å². The predicted octanol–water partition coefficient (Wildman–Crippen LogP) is 22.3. The van der Waals surface area contributed by atoms with Crippen LogP contribution in [0.2, 0.25) is 0 Å². The molecule has 0 radical (unpaired) electrons. The van der Waals surface area contributed by atoms with Gasteiger partial charge < -0.3 is 20.3 Å². The number of aliphatic hydroxyl groups is 2. The SMILES string of the molecule is CCCCCCCCCCCCCCCCCC/C=C/C(O)C(CO)NC(=O)CCCCCCCCCCCCCCCCC/C=C\C/C=C\CCCCCCCCCCCOC(=O)CCCCCCCCCCCCC. The van der Waals surface area contributed by atoms with Crippen molar-refractivity contribution in [2.24, 2.45) is 0 Å². The lowest BCUT2D eigenvalue weighted by atomic mass is 10.0. The van der Waals surface area contributed by atoms with E-state index in [2.05, 4.69) is 43.5 Å². The van der Waals surface area contributed by atoms with Crippen LogP contribution in [0, 0.1) is 0 Å². The number of hydrogen-bond acceptors (Lipinski definition) is 5. The molecule has 454 valence electrons. The zero-order chi connectivity index (χ0) is 55.7. The summed E-state index contributed by atoms with van der Waals surface area (Å²) in [7, 11) is 0. The zero-order valence-electron chi connectivity index (χ0n) is 52.0. The molecule has 0 saturated heterocycles. The topological polar surface area (TPSA) is 95.9 Å². The third-order valence-electron chi connectivity index (χ3n) is 16.2. The molecule has 0 aromatic carbocycles. The Hall–Kier alpha value is -1.92. The second-order valence-electron chi connectivity index (χ2n) is 23.9. The summed E-state index contributed by atoms with van der Waals surface area (Å²) in [4.78, 5) is 24.5. The molecule has 0 spiro atoms. The first kappa shape index (κ1) is 75.1. The highest BCUT2D eigenvalue weighted by Crippen LogP contribution is 2.18. The van der Waals surface area contributed by atoms with Gasteiger partial charge in [0, 0.05) is 12.8 Å². The number of rotatable bonds is 65. The number of amides is 1. The number of allylic oxidation sites excluding steroid dienone is 5. The number of ether oxygens (including phenoxy) is 1. The second kappa shape index (κ2) is 66.6. The molecule has 0 aliphatic carbocycles. The third-order valence-corrected chi connectivity index (χ3v) is 16.2. The van der Waals surface area contributed by atoms with Crippen LogP contribution in [-0.2, 0) is 14.3 Å². The number of aliphatic hydroxyl groups excluding tert-OH is 2. The van der Waals surface area contributed by atoms with Crippen molar-refractivity contribution < 1.29 is 24.5 Å². The van der Waals surface area contributed by atoms with E-state index in [9.17, 15) is 19.8 Å². The lowest BCUT2D eigenvalue weighted by Crippen LogP contribution is -2.45. The van der Waals surface area contributed by atoms with Crippen molar-refractivity contribution in [3.63, 3.8) is 0 Å². The molecule has 2 unspecified atom stereocenters. The molecular formula is C71H135NO5. The number of esters is 1. The van der Waals surface area contributed by atoms with Crippen molar-refractivity contribution >= 4 is 11.9 Å². The van der Waals surface area contributed by atoms with Gasteiger partial charge in [0.15, 0.2) is 0 Å². The molecule has 0 aromatic rings. The van der Waals surface area contributed by atoms with Crippen LogP contribution in [0.5, 0.6) is 0 Å². The van der Waals surface area contributed by atoms with E-state index in [-0.39, 0.29) is 18.5 Å². The van der Waals surface area contributed by atoms with Crippen molar-refractivity contribution in [3.8, 4) is 0 Å². The molecule has 2 atom stereocenters. The average Bonchev–Trinajstić information content (AvgIpc) is 3.43. The minimum atomic E-state index is -0.845. The normalized spacial score (nSPS) is 12.7. The quantitative estimate of drug-likeness (QED) is 0.0320. The van der Waals surface area contributed by atoms with Gasteiger partial charge in [-0.05, 0) is 64.2 Å². The molecular weight excluding hydrogens is 947 g/mol. The van der Waals surface area contributed by atoms with Gasteiger partial charge in [-0.15, -0.1) is 0 Å². The number of nitrogens with one attached hydrogen (secondary N) is 1. The van der Waals surface area contributed by atoms with Crippen LogP contribution in [0.15, 0.2) is 36.5 Å². The lowest BCUT2D eigenvalue weighted by Gasteiger charge is -2.20. The molecule has 3 N–H and O–H groups in total. The van der Waals surface area contributed by atoms with E-state index < -0.39 is 12.1 Å². The van der Waals surface area contributed by atoms with Crippen LogP contribution >= 0.6 is 0 Å². The molecule has 0 aliphatic heterocycles. The summed E-state index contributed by atoms with van der Waals surface area (Å²) in [6, 6.07) is -0.628. The standard InChI is InChI=1S/C71H135NO5/c1-3-5-7-9-11-13-15-16-17-18-34-37-40-44-47-51-55-59-63-69(74)68(67-73)72-70(75)64-60-56-52-48-45-41-38-35-32-30-28-26-24-22-20-19-21-23-25-27-29-31-33-36-39-42-46-50-54-58-62-66-77-71(76)65-61-57-53-49-43-14-12-10-8-6-4-2/h21,23,27,29,59,63,68-69,73-74H,3-20,22,24-26,28,30-58,60-62,64-67H2,1-2H3,(H,72,75)/b23-21-,29-27-,63-59+. The number of hydrogen-bond donors (Lipinski definition) is 3. The van der Waals surface area contributed by atoms with Gasteiger partial charge in [-0.25, -0.2) is 0 Å². The van der Waals surface area contributed by atoms with E-state index in [1.165, 1.54) is 308 Å². The van der Waals surface area contributed by atoms with Gasteiger partial charge >= 0.3 is 5.97 Å². The molecule has 0 bridgehead atoms. The van der Waals surface area contributed by atoms with Gasteiger partial charge in [0.05, 0.1) is 25.4 Å². The van der Waals surface area contributed by atoms with E-state index in [1.807, 2.05) is 6.08 Å². The Morgan fingerprint density at radius 3 is 0.987 bits per heavy atom. The van der Waals surface area contributed by atoms with E-state index in [4.69, 9.17) is 4.74 Å². The summed E-state index contributed by atoms with van der Waals surface area (Å²) in [6.07, 6.45) is 85.1. The molecule has 6 nitrogen and oxygen atoms in total. The molecule has 0 aliphatic rings. The molecule has 0 rings (SSSR count). The van der Waals surface area contributed by atoms with E-state index >= 15 is 0 Å². The molecule has 0 fully saturated rings. The van der Waals surface area contributed by atoms with Crippen molar-refractivity contribution in [2.45, 2.75) is 392 Å². The second-order valence-corrected chi connectivity index (χ2v) is 23.9. The first-order valence-electron chi connectivity index (χ1n) is 34.8. The van der Waals surface area contributed by atoms with Gasteiger partial charge in [0.25, 0.3) is 0 Å². The number of carbonyl (C=O) groups is 2. The minimum absolute atomic E-state index is 0.0128. The Morgan fingerprint density at radius 2 is 0.649 bits per heavy atom. The highest BCUT2D eigenvalue weighted by molar-refractivity contribution is 5.76. The third kappa shape index (κ3) is 63.1. The first-order valence-corrected chi connectivity index (χ1v) is 34.8. The van der Waals surface area contributed by atoms with Gasteiger partial charge in [-0.1, -0.05) is 339 Å². The highest BCUT2D eigenvalue weighted by atomic mass is 16.5. The smallest absolute Gasteiger partial charge is 0.305 e. The van der Waals surface area contributed by atoms with Gasteiger partial charge in [-0.2, -0.15) is 0 Å². The largest absolute Gasteiger partial charge is 0.466 e. The summed E-state index contributed by atoms with van der Waals surface area (Å²) >= 11 is 0. The lowest BCUT2D eigenvalue weighted by molar-refractivity contribution is -0.143. The molecule has 77 heavy (non-hydrogen) atoms. The Labute approximate surface area is 481 Å². The van der Waals surface area contributed by atoms with E-state index in [0.717, 1.165) is 44.9 Å². The monoisotopic (exact) mass is 1080 g/mol. The van der Waals surface area contributed by atoms with Crippen LogP contribution in [0.3, 0.4) is 0 Å². The predicted molar refractivity (Wildman–Crippen MR) is 338 cm³/mol. The average molecular weight is 1080 g/mol. The molecule has 0 aromatic heterocycles. The molecule has 1 amide bonds. The maximum Gasteiger partial charge on any atom is 0.305 e. The summed E-state index contributed by atoms with van der Waals surface area (Å²) in [5.41, 5.74) is 0. The summed E-state index contributed by atoms with van der Waals surface area (Å²) in [6.45, 7) is 4.93. The molecule has 0 saturated carbocycles. The first-order chi connectivity index (χ1) is 38.0. The maximum atomic E-state index is 12.5. The fraction of sp³-hybridized carbons (Fsp3) is 0.887. The van der Waals surface area contributed by atoms with E-state index in [0.29, 0.717) is 19.4 Å². The Morgan fingerprint density at radius 1 is 0.364 bits per heavy atom. The maximum absolute atomic E-state index is 12.5. The van der Waals surface area contributed by atoms with Crippen molar-refractivity contribution in [3.05, 3.63) is 36.5 Å². The highest BCUT2D eigenvalue weighted by Gasteiger charge is 2.18. The van der Waals surface area contributed by atoms with Gasteiger partial charge in [0.2, 0.25) is 5.91 Å². The molecule has 6 heteroatoms. The fourth-order valence-electron chi connectivity index (χ4n) is 10.8.